The van der Waals surface area contributed by atoms with Gasteiger partial charge in [-0.2, -0.15) is 0 Å². The molecule has 0 unspecified atom stereocenters. The lowest BCUT2D eigenvalue weighted by Gasteiger charge is -2.01. The van der Waals surface area contributed by atoms with Crippen molar-refractivity contribution in [2.45, 2.75) is 0 Å². The van der Waals surface area contributed by atoms with Crippen LogP contribution in [0.5, 0.6) is 5.75 Å². The average molecular weight is 239 g/mol. The van der Waals surface area contributed by atoms with Gasteiger partial charge in [0.1, 0.15) is 16.9 Å². The zero-order valence-electron chi connectivity index (χ0n) is 8.32. The maximum absolute atomic E-state index is 11.4. The molecular weight excluding hydrogens is 232 g/mol. The Hall–Kier alpha value is -1.81. The van der Waals surface area contributed by atoms with Crippen LogP contribution in [0.4, 0.5) is 0 Å². The lowest BCUT2D eigenvalue weighted by Crippen LogP contribution is -2.09. The summed E-state index contributed by atoms with van der Waals surface area (Å²) in [6.07, 6.45) is 0. The third kappa shape index (κ3) is 1.79. The van der Waals surface area contributed by atoms with Crippen LogP contribution in [0.2, 0.25) is 0 Å². The maximum atomic E-state index is 11.4. The Kier molecular flexibility index (Phi) is 2.66. The molecule has 1 aromatic carbocycles. The highest BCUT2D eigenvalue weighted by atomic mass is 35.5. The van der Waals surface area contributed by atoms with Gasteiger partial charge in [0, 0.05) is 11.5 Å². The molecule has 2 aromatic rings. The zero-order chi connectivity index (χ0) is 11.7. The summed E-state index contributed by atoms with van der Waals surface area (Å²) in [5.74, 6) is 0.570. The first-order chi connectivity index (χ1) is 7.61. The molecule has 0 bridgehead atoms. The molecule has 16 heavy (non-hydrogen) atoms. The lowest BCUT2D eigenvalue weighted by molar-refractivity contribution is 0.107. The molecule has 0 aliphatic carbocycles. The van der Waals surface area contributed by atoms with Gasteiger partial charge in [0.15, 0.2) is 0 Å². The van der Waals surface area contributed by atoms with Crippen LogP contribution in [-0.4, -0.2) is 12.4 Å². The van der Waals surface area contributed by atoms with Crippen molar-refractivity contribution in [1.29, 1.82) is 0 Å². The van der Waals surface area contributed by atoms with Gasteiger partial charge >= 0.3 is 5.63 Å². The number of hydrogen-bond acceptors (Lipinski definition) is 4. The molecule has 0 saturated carbocycles. The van der Waals surface area contributed by atoms with E-state index >= 15 is 0 Å². The van der Waals surface area contributed by atoms with Crippen molar-refractivity contribution in [3.8, 4) is 5.75 Å². The van der Waals surface area contributed by atoms with E-state index in [1.807, 2.05) is 0 Å². The van der Waals surface area contributed by atoms with Crippen molar-refractivity contribution < 1.29 is 13.9 Å². The van der Waals surface area contributed by atoms with Gasteiger partial charge in [-0.15, -0.1) is 0 Å². The van der Waals surface area contributed by atoms with Crippen LogP contribution in [0.1, 0.15) is 10.4 Å². The molecule has 0 amide bonds. The number of rotatable bonds is 2. The van der Waals surface area contributed by atoms with E-state index in [9.17, 15) is 9.59 Å². The fraction of sp³-hybridized carbons (Fsp3) is 0.0909. The number of ether oxygens (including phenoxy) is 1. The molecule has 2 rings (SSSR count). The third-order valence-corrected chi connectivity index (χ3v) is 2.36. The largest absolute Gasteiger partial charge is 0.497 e. The Balaban J connectivity index is 2.74. The van der Waals surface area contributed by atoms with Crippen molar-refractivity contribution in [2.75, 3.05) is 7.11 Å². The van der Waals surface area contributed by atoms with Gasteiger partial charge in [-0.25, -0.2) is 4.79 Å². The fourth-order valence-electron chi connectivity index (χ4n) is 1.36. The van der Waals surface area contributed by atoms with Gasteiger partial charge in [-0.1, -0.05) is 0 Å². The van der Waals surface area contributed by atoms with Crippen molar-refractivity contribution >= 4 is 27.8 Å². The van der Waals surface area contributed by atoms with Crippen LogP contribution < -0.4 is 10.4 Å². The second-order valence-corrected chi connectivity index (χ2v) is 3.47. The van der Waals surface area contributed by atoms with Gasteiger partial charge in [0.25, 0.3) is 5.24 Å². The van der Waals surface area contributed by atoms with E-state index in [4.69, 9.17) is 20.8 Å². The van der Waals surface area contributed by atoms with Crippen LogP contribution in [0.25, 0.3) is 11.0 Å². The van der Waals surface area contributed by atoms with Gasteiger partial charge < -0.3 is 9.15 Å². The number of carbonyl (C=O) groups is 1. The molecule has 0 N–H and O–H groups in total. The minimum Gasteiger partial charge on any atom is -0.497 e. The monoisotopic (exact) mass is 238 g/mol. The second-order valence-electron chi connectivity index (χ2n) is 3.12. The van der Waals surface area contributed by atoms with E-state index < -0.39 is 10.9 Å². The van der Waals surface area contributed by atoms with E-state index in [2.05, 4.69) is 0 Å². The van der Waals surface area contributed by atoms with Crippen molar-refractivity contribution in [2.24, 2.45) is 0 Å². The van der Waals surface area contributed by atoms with Crippen LogP contribution in [0.3, 0.4) is 0 Å². The Morgan fingerprint density at radius 1 is 1.38 bits per heavy atom. The molecule has 0 saturated heterocycles. The summed E-state index contributed by atoms with van der Waals surface area (Å²) in [6.45, 7) is 0. The Bertz CT molecular complexity index is 615. The summed E-state index contributed by atoms with van der Waals surface area (Å²) in [5, 5.41) is -0.212. The van der Waals surface area contributed by atoms with Gasteiger partial charge in [0.2, 0.25) is 0 Å². The summed E-state index contributed by atoms with van der Waals surface area (Å²) in [4.78, 5) is 22.3. The van der Waals surface area contributed by atoms with E-state index in [0.29, 0.717) is 16.7 Å². The predicted octanol–water partition coefficient (Wildman–Crippen LogP) is 2.18. The molecule has 0 aliphatic heterocycles. The Morgan fingerprint density at radius 2 is 2.12 bits per heavy atom. The first-order valence-corrected chi connectivity index (χ1v) is 4.81. The minimum atomic E-state index is -0.827. The van der Waals surface area contributed by atoms with Gasteiger partial charge in [-0.3, -0.25) is 4.79 Å². The molecule has 0 atom stereocenters. The van der Waals surface area contributed by atoms with E-state index in [0.717, 1.165) is 0 Å². The molecule has 5 heteroatoms. The number of halogens is 1. The third-order valence-electron chi connectivity index (χ3n) is 2.15. The fourth-order valence-corrected chi connectivity index (χ4v) is 1.49. The molecule has 0 radical (unpaired) electrons. The SMILES string of the molecule is COc1ccc2cc(C(=O)Cl)c(=O)oc2c1. The number of carbonyl (C=O) groups excluding carboxylic acids is 1. The summed E-state index contributed by atoms with van der Waals surface area (Å²) in [6, 6.07) is 6.35. The first-order valence-electron chi connectivity index (χ1n) is 4.43. The van der Waals surface area contributed by atoms with E-state index in [1.165, 1.54) is 13.2 Å². The summed E-state index contributed by atoms with van der Waals surface area (Å²) in [7, 11) is 1.51. The summed E-state index contributed by atoms with van der Waals surface area (Å²) >= 11 is 5.24. The standard InChI is InChI=1S/C11H7ClO4/c1-15-7-3-2-6-4-8(10(12)13)11(14)16-9(6)5-7/h2-5H,1H3. The average Bonchev–Trinajstić information content (AvgIpc) is 2.27. The summed E-state index contributed by atoms with van der Waals surface area (Å²) in [5.41, 5.74) is -0.564. The molecule has 0 fully saturated rings. The topological polar surface area (TPSA) is 56.5 Å². The van der Waals surface area contributed by atoms with E-state index in [1.54, 1.807) is 18.2 Å². The van der Waals surface area contributed by atoms with Gasteiger partial charge in [0.05, 0.1) is 7.11 Å². The van der Waals surface area contributed by atoms with Gasteiger partial charge in [-0.05, 0) is 29.8 Å². The van der Waals surface area contributed by atoms with E-state index in [-0.39, 0.29) is 5.56 Å². The molecule has 4 nitrogen and oxygen atoms in total. The van der Waals surface area contributed by atoms with Crippen LogP contribution in [0.15, 0.2) is 33.5 Å². The molecular formula is C11H7ClO4. The van der Waals surface area contributed by atoms with Crippen LogP contribution in [-0.2, 0) is 0 Å². The maximum Gasteiger partial charge on any atom is 0.348 e. The number of hydrogen-bond donors (Lipinski definition) is 0. The zero-order valence-corrected chi connectivity index (χ0v) is 9.08. The normalized spacial score (nSPS) is 10.4. The summed E-state index contributed by atoms with van der Waals surface area (Å²) < 4.78 is 9.94. The number of benzene rings is 1. The van der Waals surface area contributed by atoms with Crippen molar-refractivity contribution in [1.82, 2.24) is 0 Å². The van der Waals surface area contributed by atoms with Crippen molar-refractivity contribution in [3.63, 3.8) is 0 Å². The number of methoxy groups -OCH3 is 1. The molecule has 0 aliphatic rings. The highest BCUT2D eigenvalue weighted by Crippen LogP contribution is 2.20. The first kappa shape index (κ1) is 10.7. The molecule has 0 spiro atoms. The van der Waals surface area contributed by atoms with Crippen molar-refractivity contribution in [3.05, 3.63) is 40.2 Å². The smallest absolute Gasteiger partial charge is 0.348 e. The predicted molar refractivity (Wildman–Crippen MR) is 59.2 cm³/mol. The minimum absolute atomic E-state index is 0.167. The Labute approximate surface area is 95.4 Å². The lowest BCUT2D eigenvalue weighted by atomic mass is 10.2. The van der Waals surface area contributed by atoms with Crippen LogP contribution in [0, 0.1) is 0 Å². The highest BCUT2D eigenvalue weighted by molar-refractivity contribution is 6.67. The molecule has 82 valence electrons. The quantitative estimate of drug-likeness (QED) is 0.594. The Morgan fingerprint density at radius 3 is 2.75 bits per heavy atom. The second kappa shape index (κ2) is 3.98. The number of fused-ring (bicyclic) bond motifs is 1. The highest BCUT2D eigenvalue weighted by Gasteiger charge is 2.11. The molecule has 1 heterocycles. The molecule has 1 aromatic heterocycles. The van der Waals surface area contributed by atoms with Crippen LogP contribution >= 0.6 is 11.6 Å².